The molecule has 0 radical (unpaired) electrons. The lowest BCUT2D eigenvalue weighted by molar-refractivity contribution is 0.0630. The quantitative estimate of drug-likeness (QED) is 0.767. The van der Waals surface area contributed by atoms with Gasteiger partial charge in [0.25, 0.3) is 5.91 Å². The van der Waals surface area contributed by atoms with Gasteiger partial charge in [-0.25, -0.2) is 0 Å². The third kappa shape index (κ3) is 3.44. The highest BCUT2D eigenvalue weighted by Crippen LogP contribution is 2.25. The van der Waals surface area contributed by atoms with E-state index in [9.17, 15) is 9.59 Å². The first kappa shape index (κ1) is 16.9. The summed E-state index contributed by atoms with van der Waals surface area (Å²) < 4.78 is 10.6. The van der Waals surface area contributed by atoms with Crippen LogP contribution in [-0.4, -0.2) is 69.7 Å². The molecule has 2 saturated heterocycles. The van der Waals surface area contributed by atoms with Gasteiger partial charge in [0.15, 0.2) is 6.29 Å². The minimum Gasteiger partial charge on any atom is -0.383 e. The number of carbonyl (C=O) groups excluding carboxylic acids is 2. The largest absolute Gasteiger partial charge is 0.383 e. The predicted octanol–water partition coefficient (Wildman–Crippen LogP) is 1.59. The van der Waals surface area contributed by atoms with Crippen molar-refractivity contribution in [2.24, 2.45) is 0 Å². The zero-order valence-corrected chi connectivity index (χ0v) is 14.1. The van der Waals surface area contributed by atoms with E-state index in [-0.39, 0.29) is 11.9 Å². The smallest absolute Gasteiger partial charge is 0.254 e. The number of benzene rings is 1. The first-order valence-corrected chi connectivity index (χ1v) is 8.46. The van der Waals surface area contributed by atoms with Gasteiger partial charge in [-0.15, -0.1) is 0 Å². The molecule has 2 aliphatic heterocycles. The predicted molar refractivity (Wildman–Crippen MR) is 90.8 cm³/mol. The SMILES string of the molecule is COC[C@@H]1CCCN1C(=O)c1ccc(C=O)c(N2CCOCC2)c1. The molecule has 1 amide bonds. The van der Waals surface area contributed by atoms with E-state index >= 15 is 0 Å². The lowest BCUT2D eigenvalue weighted by Crippen LogP contribution is -2.39. The van der Waals surface area contributed by atoms with E-state index in [0.29, 0.717) is 30.9 Å². The van der Waals surface area contributed by atoms with Crippen molar-refractivity contribution in [2.45, 2.75) is 18.9 Å². The molecular weight excluding hydrogens is 308 g/mol. The summed E-state index contributed by atoms with van der Waals surface area (Å²) in [4.78, 5) is 28.3. The Balaban J connectivity index is 1.85. The van der Waals surface area contributed by atoms with Gasteiger partial charge in [0.05, 0.1) is 25.9 Å². The summed E-state index contributed by atoms with van der Waals surface area (Å²) in [6.07, 6.45) is 2.83. The monoisotopic (exact) mass is 332 g/mol. The number of likely N-dealkylation sites (tertiary alicyclic amines) is 1. The third-order valence-electron chi connectivity index (χ3n) is 4.75. The summed E-state index contributed by atoms with van der Waals surface area (Å²) in [6.45, 7) is 4.06. The van der Waals surface area contributed by atoms with Crippen LogP contribution in [0.4, 0.5) is 5.69 Å². The number of morpholine rings is 1. The van der Waals surface area contributed by atoms with Gasteiger partial charge < -0.3 is 19.3 Å². The Bertz CT molecular complexity index is 599. The van der Waals surface area contributed by atoms with Crippen molar-refractivity contribution in [3.8, 4) is 0 Å². The van der Waals surface area contributed by atoms with Crippen molar-refractivity contribution in [1.82, 2.24) is 4.90 Å². The van der Waals surface area contributed by atoms with Crippen molar-refractivity contribution < 1.29 is 19.1 Å². The van der Waals surface area contributed by atoms with Gasteiger partial charge in [-0.05, 0) is 31.0 Å². The highest BCUT2D eigenvalue weighted by atomic mass is 16.5. The van der Waals surface area contributed by atoms with Crippen LogP contribution in [0.1, 0.15) is 33.6 Å². The average molecular weight is 332 g/mol. The maximum Gasteiger partial charge on any atom is 0.254 e. The first-order valence-electron chi connectivity index (χ1n) is 8.46. The van der Waals surface area contributed by atoms with Crippen LogP contribution >= 0.6 is 0 Å². The van der Waals surface area contributed by atoms with Gasteiger partial charge in [0.2, 0.25) is 0 Å². The van der Waals surface area contributed by atoms with E-state index in [1.165, 1.54) is 0 Å². The number of nitrogens with zero attached hydrogens (tertiary/aromatic N) is 2. The van der Waals surface area contributed by atoms with Crippen LogP contribution in [0.15, 0.2) is 18.2 Å². The van der Waals surface area contributed by atoms with Gasteiger partial charge in [-0.2, -0.15) is 0 Å². The number of aldehydes is 1. The van der Waals surface area contributed by atoms with Crippen LogP contribution in [0, 0.1) is 0 Å². The van der Waals surface area contributed by atoms with Gasteiger partial charge >= 0.3 is 0 Å². The van der Waals surface area contributed by atoms with Gasteiger partial charge in [-0.1, -0.05) is 0 Å². The van der Waals surface area contributed by atoms with Crippen LogP contribution in [0.25, 0.3) is 0 Å². The van der Waals surface area contributed by atoms with E-state index in [0.717, 1.165) is 44.4 Å². The molecule has 6 nitrogen and oxygen atoms in total. The van der Waals surface area contributed by atoms with Crippen LogP contribution in [-0.2, 0) is 9.47 Å². The average Bonchev–Trinajstić information content (AvgIpc) is 3.10. The van der Waals surface area contributed by atoms with E-state index in [2.05, 4.69) is 4.90 Å². The molecule has 2 aliphatic rings. The molecule has 2 heterocycles. The second kappa shape index (κ2) is 7.77. The molecule has 130 valence electrons. The summed E-state index contributed by atoms with van der Waals surface area (Å²) >= 11 is 0. The molecule has 0 bridgehead atoms. The topological polar surface area (TPSA) is 59.1 Å². The summed E-state index contributed by atoms with van der Waals surface area (Å²) in [7, 11) is 1.66. The number of anilines is 1. The Morgan fingerprint density at radius 1 is 1.33 bits per heavy atom. The molecule has 24 heavy (non-hydrogen) atoms. The molecule has 1 atom stereocenters. The molecule has 3 rings (SSSR count). The van der Waals surface area contributed by atoms with Crippen molar-refractivity contribution in [1.29, 1.82) is 0 Å². The minimum atomic E-state index is 0.0153. The van der Waals surface area contributed by atoms with E-state index in [4.69, 9.17) is 9.47 Å². The standard InChI is InChI=1S/C18H24N2O4/c1-23-13-16-3-2-6-20(16)18(22)14-4-5-15(12-21)17(11-14)19-7-9-24-10-8-19/h4-5,11-12,16H,2-3,6-10,13H2,1H3/t16-/m0/s1. The Hall–Kier alpha value is -1.92. The number of amides is 1. The number of hydrogen-bond acceptors (Lipinski definition) is 5. The fourth-order valence-electron chi connectivity index (χ4n) is 3.49. The van der Waals surface area contributed by atoms with E-state index in [1.54, 1.807) is 19.2 Å². The Morgan fingerprint density at radius 3 is 2.83 bits per heavy atom. The molecule has 0 aromatic heterocycles. The summed E-state index contributed by atoms with van der Waals surface area (Å²) in [5.74, 6) is 0.0153. The highest BCUT2D eigenvalue weighted by Gasteiger charge is 2.30. The Morgan fingerprint density at radius 2 is 2.12 bits per heavy atom. The molecule has 1 aromatic carbocycles. The van der Waals surface area contributed by atoms with Crippen molar-refractivity contribution in [3.63, 3.8) is 0 Å². The molecular formula is C18H24N2O4. The van der Waals surface area contributed by atoms with Gasteiger partial charge in [0, 0.05) is 43.6 Å². The number of rotatable bonds is 5. The zero-order valence-electron chi connectivity index (χ0n) is 14.1. The molecule has 2 fully saturated rings. The lowest BCUT2D eigenvalue weighted by atomic mass is 10.1. The molecule has 0 N–H and O–H groups in total. The molecule has 6 heteroatoms. The van der Waals surface area contributed by atoms with Crippen LogP contribution < -0.4 is 4.90 Å². The highest BCUT2D eigenvalue weighted by molar-refractivity contribution is 5.97. The van der Waals surface area contributed by atoms with Crippen LogP contribution in [0.2, 0.25) is 0 Å². The zero-order chi connectivity index (χ0) is 16.9. The summed E-state index contributed by atoms with van der Waals surface area (Å²) in [6, 6.07) is 5.48. The Labute approximate surface area is 142 Å². The fourth-order valence-corrected chi connectivity index (χ4v) is 3.49. The van der Waals surface area contributed by atoms with Gasteiger partial charge in [0.1, 0.15) is 0 Å². The van der Waals surface area contributed by atoms with Gasteiger partial charge in [-0.3, -0.25) is 9.59 Å². The number of methoxy groups -OCH3 is 1. The van der Waals surface area contributed by atoms with Crippen LogP contribution in [0.5, 0.6) is 0 Å². The molecule has 0 aliphatic carbocycles. The lowest BCUT2D eigenvalue weighted by Gasteiger charge is -2.30. The Kier molecular flexibility index (Phi) is 5.48. The molecule has 1 aromatic rings. The van der Waals surface area contributed by atoms with Crippen LogP contribution in [0.3, 0.4) is 0 Å². The fraction of sp³-hybridized carbons (Fsp3) is 0.556. The van der Waals surface area contributed by atoms with E-state index in [1.807, 2.05) is 11.0 Å². The van der Waals surface area contributed by atoms with Crippen molar-refractivity contribution in [3.05, 3.63) is 29.3 Å². The maximum atomic E-state index is 12.9. The molecule has 0 saturated carbocycles. The number of hydrogen-bond donors (Lipinski definition) is 0. The number of carbonyl (C=O) groups is 2. The second-order valence-corrected chi connectivity index (χ2v) is 6.24. The first-order chi connectivity index (χ1) is 11.7. The number of ether oxygens (including phenoxy) is 2. The normalized spacial score (nSPS) is 21.1. The molecule has 0 spiro atoms. The van der Waals surface area contributed by atoms with Crippen molar-refractivity contribution in [2.75, 3.05) is 51.5 Å². The second-order valence-electron chi connectivity index (χ2n) is 6.24. The van der Waals surface area contributed by atoms with E-state index < -0.39 is 0 Å². The van der Waals surface area contributed by atoms with Crippen molar-refractivity contribution >= 4 is 17.9 Å². The summed E-state index contributed by atoms with van der Waals surface area (Å²) in [5, 5.41) is 0. The third-order valence-corrected chi connectivity index (χ3v) is 4.75. The maximum absolute atomic E-state index is 12.9. The molecule has 0 unspecified atom stereocenters. The minimum absolute atomic E-state index is 0.0153. The summed E-state index contributed by atoms with van der Waals surface area (Å²) in [5.41, 5.74) is 2.06.